The third-order valence-corrected chi connectivity index (χ3v) is 1.06. The molecule has 35 heteroatoms. The fourth-order valence-corrected chi connectivity index (χ4v) is 0.682. The van der Waals surface area contributed by atoms with Gasteiger partial charge in [0.25, 0.3) is 0 Å². The van der Waals surface area contributed by atoms with Crippen LogP contribution in [0.5, 0.6) is 0 Å². The molecule has 0 aliphatic rings. The van der Waals surface area contributed by atoms with Crippen molar-refractivity contribution in [3.8, 4) is 0 Å². The zero-order valence-electron chi connectivity index (χ0n) is 26.3. The minimum Gasteiger partial charge on any atom is -0.351 e. The molecule has 0 spiro atoms. The first kappa shape index (κ1) is 236. The molecule has 33 radical (unpaired) electrons. The molecule has 0 aromatic heterocycles. The minimum atomic E-state index is -0.286. The fraction of sp³-hybridized carbons (Fsp3) is 0.100. The molecule has 1 N–H and O–H groups in total. The summed E-state index contributed by atoms with van der Waals surface area (Å²) in [6.45, 7) is 8.18. The fourth-order valence-electron chi connectivity index (χ4n) is 0.682. The van der Waals surface area contributed by atoms with Gasteiger partial charge in [-0.2, -0.15) is 6.92 Å². The van der Waals surface area contributed by atoms with Gasteiger partial charge in [-0.25, -0.2) is 0 Å². The molecular formula is C10H13NOY33-2. The van der Waals surface area contributed by atoms with E-state index in [0.29, 0.717) is 0 Å². The number of para-hydroxylation sites is 1. The van der Waals surface area contributed by atoms with Gasteiger partial charge in [0.2, 0.25) is 0 Å². The third kappa shape index (κ3) is 212. The van der Waals surface area contributed by atoms with Gasteiger partial charge in [-0.3, -0.25) is 0 Å². The molecule has 0 saturated carbocycles. The number of carbonyl (C=O) groups excluding carboxylic acids is 1. The van der Waals surface area contributed by atoms with Gasteiger partial charge in [-0.05, 0) is 12.1 Å². The summed E-state index contributed by atoms with van der Waals surface area (Å²) in [6.07, 6.45) is 0. The number of rotatable bonds is 1. The van der Waals surface area contributed by atoms with Crippen molar-refractivity contribution in [2.45, 2.75) is 6.92 Å². The van der Waals surface area contributed by atoms with Crippen LogP contribution in [0.1, 0.15) is 6.92 Å². The van der Waals surface area contributed by atoms with Crippen molar-refractivity contribution in [1.29, 1.82) is 0 Å². The Morgan fingerprint density at radius 1 is 0.356 bits per heavy atom. The maximum atomic E-state index is 10.4. The van der Waals surface area contributed by atoms with E-state index in [2.05, 4.69) is 19.2 Å². The van der Waals surface area contributed by atoms with Crippen LogP contribution in [0.15, 0.2) is 30.3 Å². The van der Waals surface area contributed by atoms with Crippen LogP contribution in [0, 0.1) is 13.8 Å². The third-order valence-electron chi connectivity index (χ3n) is 1.06. The van der Waals surface area contributed by atoms with Crippen LogP contribution < -0.4 is 5.32 Å². The van der Waals surface area contributed by atoms with Crippen molar-refractivity contribution in [2.75, 3.05) is 5.32 Å². The number of hydrogen-bond donors (Lipinski definition) is 1. The number of nitrogens with one attached hydrogen (secondary N) is 1. The molecule has 0 atom stereocenters. The van der Waals surface area contributed by atoms with Crippen LogP contribution in [0.2, 0.25) is 0 Å². The van der Waals surface area contributed by atoms with Crippen LogP contribution in [0.3, 0.4) is 0 Å². The van der Waals surface area contributed by atoms with E-state index < -0.39 is 0 Å². The topological polar surface area (TPSA) is 29.1 Å². The van der Waals surface area contributed by atoms with Crippen molar-refractivity contribution < 1.29 is 1080 Å². The smallest absolute Gasteiger partial charge is 0.0841 e. The van der Waals surface area contributed by atoms with E-state index in [0.717, 1.165) is 5.69 Å². The molecule has 0 saturated heterocycles. The monoisotopic (exact) mass is 3100 g/mol. The maximum Gasteiger partial charge on any atom is 0.0841 e. The van der Waals surface area contributed by atoms with Gasteiger partial charge in [0.05, 0.1) is 5.91 Å². The molecule has 0 heterocycles. The van der Waals surface area contributed by atoms with Gasteiger partial charge in [0.15, 0.2) is 0 Å². The molecule has 2 nitrogen and oxygen atoms in total. The van der Waals surface area contributed by atoms with Crippen molar-refractivity contribution in [3.05, 3.63) is 44.2 Å². The van der Waals surface area contributed by atoms with E-state index in [1.54, 1.807) is 6.92 Å². The van der Waals surface area contributed by atoms with Gasteiger partial charge in [0.1, 0.15) is 0 Å². The van der Waals surface area contributed by atoms with Gasteiger partial charge >= 0.3 is 0 Å². The molecule has 1 rings (SSSR count). The van der Waals surface area contributed by atoms with Gasteiger partial charge < -0.3 is 24.0 Å². The summed E-state index contributed by atoms with van der Waals surface area (Å²) in [5, 5.41) is 2.55. The van der Waals surface area contributed by atoms with Crippen LogP contribution in [0.25, 0.3) is 0 Å². The van der Waals surface area contributed by atoms with Crippen LogP contribution in [0.4, 0.5) is 5.69 Å². The van der Waals surface area contributed by atoms with Crippen LogP contribution in [-0.2, 0) is 1080 Å². The molecule has 0 unspecified atom stereocenters. The zero-order chi connectivity index (χ0) is 9.40. The Morgan fingerprint density at radius 3 is 0.600 bits per heavy atom. The summed E-state index contributed by atoms with van der Waals surface area (Å²) >= 11 is 0. The van der Waals surface area contributed by atoms with E-state index in [1.807, 2.05) is 30.3 Å². The Morgan fingerprint density at radius 2 is 0.489 bits per heavy atom. The van der Waals surface area contributed by atoms with Gasteiger partial charge in [0, 0.05) is 1090 Å². The maximum absolute atomic E-state index is 10.4. The first-order valence-corrected chi connectivity index (χ1v) is 3.68. The van der Waals surface area contributed by atoms with E-state index in [1.165, 1.54) is 0 Å². The quantitative estimate of drug-likeness (QED) is 0.431. The summed E-state index contributed by atoms with van der Waals surface area (Å²) < 4.78 is 0. The molecular weight excluding hydrogens is 3080 g/mol. The second-order valence-electron chi connectivity index (χ2n) is 1.91. The average Bonchev–Trinajstić information content (AvgIpc) is 2.08. The molecule has 0 aliphatic heterocycles. The van der Waals surface area contributed by atoms with Crippen molar-refractivity contribution >= 4 is 11.6 Å². The Balaban J connectivity index is -0.00000000106. The second-order valence-corrected chi connectivity index (χ2v) is 1.91. The van der Waals surface area contributed by atoms with Crippen LogP contribution in [-0.4, -0.2) is 5.91 Å². The summed E-state index contributed by atoms with van der Waals surface area (Å²) in [7, 11) is 0. The molecule has 1 aromatic rings. The Hall–Kier alpha value is 35.0. The van der Waals surface area contributed by atoms with Gasteiger partial charge in [-0.15, -0.1) is 0 Å². The standard InChI is InChI=1S/C8H8NO.C2H5.33Y/c1-7(10)9-8-5-3-2-4-6-8;1-2;;;;;;;;;;;;;;;;;;;;;;;;;;;;;;;;;/h2-6H,1H2,(H,9,10);1H2,2H3;;;;;;;;;;;;;;;;;;;;;;;;;;;;;;;;;/q2*-1;;;;;;;;;;;;;;;;;;;;;;;;;;;;;;;;;. The molecule has 0 fully saturated rings. The van der Waals surface area contributed by atoms with Gasteiger partial charge in [-0.1, -0.05) is 18.2 Å². The number of carbonyl (C=O) groups is 1. The van der Waals surface area contributed by atoms with Crippen LogP contribution >= 0.6 is 0 Å². The molecule has 1 aromatic carbocycles. The number of anilines is 1. The van der Waals surface area contributed by atoms with E-state index in [-0.39, 0.29) is 1090 Å². The normalized spacial score (nSPS) is 2.09. The van der Waals surface area contributed by atoms with Crippen molar-refractivity contribution in [2.24, 2.45) is 0 Å². The second kappa shape index (κ2) is 218. The van der Waals surface area contributed by atoms with Crippen molar-refractivity contribution in [1.82, 2.24) is 0 Å². The average molecular weight is 3100 g/mol. The summed E-state index contributed by atoms with van der Waals surface area (Å²) in [5.74, 6) is -0.286. The Bertz CT molecular complexity index is 256. The summed E-state index contributed by atoms with van der Waals surface area (Å²) in [6, 6.07) is 9.21. The Labute approximate surface area is 1110 Å². The predicted octanol–water partition coefficient (Wildman–Crippen LogP) is 2.22. The molecule has 0 bridgehead atoms. The molecule has 0 aliphatic carbocycles. The molecule has 165 valence electrons. The Kier molecular flexibility index (Phi) is 1140. The van der Waals surface area contributed by atoms with Crippen molar-refractivity contribution in [3.63, 3.8) is 0 Å². The first-order valence-electron chi connectivity index (χ1n) is 3.68. The number of amides is 1. The number of hydrogen-bond acceptors (Lipinski definition) is 1. The first-order chi connectivity index (χ1) is 5.79. The van der Waals surface area contributed by atoms with E-state index >= 15 is 0 Å². The summed E-state index contributed by atoms with van der Waals surface area (Å²) in [5.41, 5.74) is 0.780. The predicted molar refractivity (Wildman–Crippen MR) is 51.5 cm³/mol. The van der Waals surface area contributed by atoms with E-state index in [9.17, 15) is 4.79 Å². The largest absolute Gasteiger partial charge is 0.351 e. The molecule has 1 amide bonds. The minimum absolute atomic E-state index is 0. The number of benzene rings is 1. The van der Waals surface area contributed by atoms with E-state index in [4.69, 9.17) is 0 Å². The SMILES string of the molecule is [CH2-]C.[CH2-]C(=O)Nc1ccccc1.[Y].[Y].[Y].[Y].[Y].[Y].[Y].[Y].[Y].[Y].[Y].[Y].[Y].[Y].[Y].[Y].[Y].[Y].[Y].[Y].[Y].[Y].[Y].[Y].[Y].[Y].[Y].[Y].[Y].[Y].[Y].[Y].[Y]. The molecule has 45 heavy (non-hydrogen) atoms. The summed E-state index contributed by atoms with van der Waals surface area (Å²) in [4.78, 5) is 10.4. The zero-order valence-corrected chi connectivity index (χ0v) is 120.